The standard InChI is InChI=1S/C9H5NO5/c10-4-15-7-3-5(8(11)12)1-2-6(7)9(13)14/h1-3H,(H,11,12)(H,13,14). The van der Waals surface area contributed by atoms with Crippen molar-refractivity contribution in [2.75, 3.05) is 0 Å². The van der Waals surface area contributed by atoms with E-state index in [1.54, 1.807) is 0 Å². The summed E-state index contributed by atoms with van der Waals surface area (Å²) in [6.07, 6.45) is 1.29. The van der Waals surface area contributed by atoms with Gasteiger partial charge in [-0.2, -0.15) is 0 Å². The predicted molar refractivity (Wildman–Crippen MR) is 46.6 cm³/mol. The molecule has 0 saturated carbocycles. The first-order valence-electron chi connectivity index (χ1n) is 3.73. The summed E-state index contributed by atoms with van der Waals surface area (Å²) in [4.78, 5) is 21.2. The second-order valence-electron chi connectivity index (χ2n) is 2.51. The second kappa shape index (κ2) is 4.11. The number of carboxylic acid groups (broad SMARTS) is 2. The molecule has 0 fully saturated rings. The van der Waals surface area contributed by atoms with E-state index in [-0.39, 0.29) is 16.9 Å². The number of rotatable bonds is 3. The van der Waals surface area contributed by atoms with Gasteiger partial charge in [0.2, 0.25) is 0 Å². The van der Waals surface area contributed by atoms with Gasteiger partial charge in [0, 0.05) is 0 Å². The van der Waals surface area contributed by atoms with Crippen molar-refractivity contribution in [2.45, 2.75) is 0 Å². The molecule has 6 nitrogen and oxygen atoms in total. The topological polar surface area (TPSA) is 108 Å². The van der Waals surface area contributed by atoms with E-state index >= 15 is 0 Å². The summed E-state index contributed by atoms with van der Waals surface area (Å²) in [5.74, 6) is -2.81. The Hall–Kier alpha value is -2.55. The third kappa shape index (κ3) is 2.22. The van der Waals surface area contributed by atoms with E-state index in [1.807, 2.05) is 0 Å². The van der Waals surface area contributed by atoms with Crippen LogP contribution < -0.4 is 4.74 Å². The van der Waals surface area contributed by atoms with Gasteiger partial charge < -0.3 is 14.9 Å². The molecule has 0 atom stereocenters. The van der Waals surface area contributed by atoms with Gasteiger partial charge in [-0.15, -0.1) is 5.26 Å². The molecule has 0 bridgehead atoms. The zero-order chi connectivity index (χ0) is 11.4. The van der Waals surface area contributed by atoms with Crippen molar-refractivity contribution in [2.24, 2.45) is 0 Å². The van der Waals surface area contributed by atoms with Crippen LogP contribution in [-0.2, 0) is 0 Å². The zero-order valence-electron chi connectivity index (χ0n) is 7.30. The maximum atomic E-state index is 10.6. The van der Waals surface area contributed by atoms with Gasteiger partial charge in [0.1, 0.15) is 5.56 Å². The van der Waals surface area contributed by atoms with Crippen LogP contribution in [0.2, 0.25) is 0 Å². The number of carbonyl (C=O) groups is 2. The Kier molecular flexibility index (Phi) is 2.88. The van der Waals surface area contributed by atoms with Crippen molar-refractivity contribution >= 4 is 11.9 Å². The molecule has 0 heterocycles. The molecule has 0 aromatic heterocycles. The minimum absolute atomic E-state index is 0.148. The smallest absolute Gasteiger partial charge is 0.339 e. The highest BCUT2D eigenvalue weighted by atomic mass is 16.5. The van der Waals surface area contributed by atoms with Gasteiger partial charge in [-0.3, -0.25) is 0 Å². The van der Waals surface area contributed by atoms with Gasteiger partial charge in [-0.25, -0.2) is 9.59 Å². The lowest BCUT2D eigenvalue weighted by atomic mass is 10.1. The summed E-state index contributed by atoms with van der Waals surface area (Å²) < 4.78 is 4.35. The van der Waals surface area contributed by atoms with Crippen molar-refractivity contribution < 1.29 is 24.5 Å². The Bertz CT molecular complexity index is 460. The number of benzene rings is 1. The Morgan fingerprint density at radius 2 is 1.93 bits per heavy atom. The molecule has 1 rings (SSSR count). The van der Waals surface area contributed by atoms with Crippen molar-refractivity contribution in [3.8, 4) is 12.0 Å². The lowest BCUT2D eigenvalue weighted by molar-refractivity contribution is 0.0678. The van der Waals surface area contributed by atoms with E-state index in [0.29, 0.717) is 0 Å². The molecule has 0 aliphatic carbocycles. The Balaban J connectivity index is 3.27. The van der Waals surface area contributed by atoms with Gasteiger partial charge in [0.25, 0.3) is 6.26 Å². The summed E-state index contributed by atoms with van der Waals surface area (Å²) in [6, 6.07) is 3.17. The number of nitriles is 1. The van der Waals surface area contributed by atoms with E-state index < -0.39 is 11.9 Å². The molecule has 6 heteroatoms. The van der Waals surface area contributed by atoms with Gasteiger partial charge in [0.15, 0.2) is 5.75 Å². The molecular weight excluding hydrogens is 202 g/mol. The largest absolute Gasteiger partial charge is 0.478 e. The Morgan fingerprint density at radius 3 is 2.40 bits per heavy atom. The molecule has 0 aliphatic heterocycles. The van der Waals surface area contributed by atoms with Gasteiger partial charge in [0.05, 0.1) is 5.56 Å². The molecule has 15 heavy (non-hydrogen) atoms. The molecule has 2 N–H and O–H groups in total. The molecule has 0 radical (unpaired) electrons. The van der Waals surface area contributed by atoms with Crippen LogP contribution in [0, 0.1) is 11.5 Å². The normalized spacial score (nSPS) is 9.00. The summed E-state index contributed by atoms with van der Waals surface area (Å²) in [7, 11) is 0. The van der Waals surface area contributed by atoms with Crippen LogP contribution in [0.5, 0.6) is 5.75 Å². The monoisotopic (exact) mass is 207 g/mol. The zero-order valence-corrected chi connectivity index (χ0v) is 7.30. The lowest BCUT2D eigenvalue weighted by Crippen LogP contribution is -2.03. The predicted octanol–water partition coefficient (Wildman–Crippen LogP) is 0.943. The van der Waals surface area contributed by atoms with Crippen molar-refractivity contribution in [1.82, 2.24) is 0 Å². The fourth-order valence-electron chi connectivity index (χ4n) is 0.966. The molecule has 1 aromatic carbocycles. The molecule has 0 aliphatic rings. The number of hydrogen-bond acceptors (Lipinski definition) is 4. The minimum atomic E-state index is -1.29. The van der Waals surface area contributed by atoms with Crippen molar-refractivity contribution in [3.05, 3.63) is 29.3 Å². The fraction of sp³-hybridized carbons (Fsp3) is 0. The molecule has 0 spiro atoms. The quantitative estimate of drug-likeness (QED) is 0.714. The Labute approximate surface area is 83.9 Å². The summed E-state index contributed by atoms with van der Waals surface area (Å²) in [5.41, 5.74) is -0.410. The highest BCUT2D eigenvalue weighted by Crippen LogP contribution is 2.20. The van der Waals surface area contributed by atoms with Crippen LogP contribution in [0.3, 0.4) is 0 Å². The molecule has 76 valence electrons. The molecule has 1 aromatic rings. The third-order valence-electron chi connectivity index (χ3n) is 1.61. The molecule has 0 unspecified atom stereocenters. The van der Waals surface area contributed by atoms with Crippen LogP contribution in [0.1, 0.15) is 20.7 Å². The van der Waals surface area contributed by atoms with Crippen LogP contribution in [-0.4, -0.2) is 22.2 Å². The van der Waals surface area contributed by atoms with Crippen molar-refractivity contribution in [3.63, 3.8) is 0 Å². The molecule has 0 saturated heterocycles. The summed E-state index contributed by atoms with van der Waals surface area (Å²) in [5, 5.41) is 25.5. The van der Waals surface area contributed by atoms with E-state index in [1.165, 1.54) is 6.26 Å². The minimum Gasteiger partial charge on any atom is -0.478 e. The van der Waals surface area contributed by atoms with E-state index in [9.17, 15) is 9.59 Å². The molecule has 0 amide bonds. The number of nitrogens with zero attached hydrogens (tertiary/aromatic N) is 1. The number of aromatic carboxylic acids is 2. The van der Waals surface area contributed by atoms with Crippen LogP contribution in [0.25, 0.3) is 0 Å². The first kappa shape index (κ1) is 10.5. The van der Waals surface area contributed by atoms with E-state index in [0.717, 1.165) is 18.2 Å². The van der Waals surface area contributed by atoms with Gasteiger partial charge in [-0.1, -0.05) is 0 Å². The lowest BCUT2D eigenvalue weighted by Gasteiger charge is -2.02. The van der Waals surface area contributed by atoms with Crippen LogP contribution in [0.4, 0.5) is 0 Å². The Morgan fingerprint density at radius 1 is 1.27 bits per heavy atom. The van der Waals surface area contributed by atoms with Crippen molar-refractivity contribution in [1.29, 1.82) is 5.26 Å². The summed E-state index contributed by atoms with van der Waals surface area (Å²) >= 11 is 0. The maximum absolute atomic E-state index is 10.6. The first-order valence-corrected chi connectivity index (χ1v) is 3.73. The van der Waals surface area contributed by atoms with E-state index in [4.69, 9.17) is 15.5 Å². The number of hydrogen-bond donors (Lipinski definition) is 2. The third-order valence-corrected chi connectivity index (χ3v) is 1.61. The fourth-order valence-corrected chi connectivity index (χ4v) is 0.966. The van der Waals surface area contributed by atoms with Crippen LogP contribution in [0.15, 0.2) is 18.2 Å². The maximum Gasteiger partial charge on any atom is 0.339 e. The molecular formula is C9H5NO5. The SMILES string of the molecule is N#COc1cc(C(=O)O)ccc1C(=O)O. The summed E-state index contributed by atoms with van der Waals surface area (Å²) in [6.45, 7) is 0. The van der Waals surface area contributed by atoms with E-state index in [2.05, 4.69) is 4.74 Å². The average Bonchev–Trinajstić information content (AvgIpc) is 2.17. The highest BCUT2D eigenvalue weighted by Gasteiger charge is 2.14. The average molecular weight is 207 g/mol. The van der Waals surface area contributed by atoms with Gasteiger partial charge in [-0.05, 0) is 18.2 Å². The van der Waals surface area contributed by atoms with Gasteiger partial charge >= 0.3 is 11.9 Å². The first-order chi connectivity index (χ1) is 7.06. The number of ether oxygens (including phenoxy) is 1. The van der Waals surface area contributed by atoms with Crippen LogP contribution >= 0.6 is 0 Å². The number of carboxylic acids is 2. The highest BCUT2D eigenvalue weighted by molar-refractivity contribution is 5.94. The second-order valence-corrected chi connectivity index (χ2v) is 2.51.